The third-order valence-electron chi connectivity index (χ3n) is 2.78. The second-order valence-electron chi connectivity index (χ2n) is 4.92. The molecule has 0 aromatic carbocycles. The lowest BCUT2D eigenvalue weighted by molar-refractivity contribution is 0.0451. The molecule has 0 saturated heterocycles. The van der Waals surface area contributed by atoms with Crippen molar-refractivity contribution in [1.82, 2.24) is 5.32 Å². The van der Waals surface area contributed by atoms with Crippen molar-refractivity contribution >= 4 is 0 Å². The topological polar surface area (TPSA) is 52.9 Å². The van der Waals surface area contributed by atoms with Gasteiger partial charge in [0, 0.05) is 38.5 Å². The van der Waals surface area contributed by atoms with Gasteiger partial charge in [-0.3, -0.25) is 0 Å². The summed E-state index contributed by atoms with van der Waals surface area (Å²) < 4.78 is 21.3. The third-order valence-corrected chi connectivity index (χ3v) is 2.78. The highest BCUT2D eigenvalue weighted by atomic mass is 16.5. The first-order chi connectivity index (χ1) is 9.74. The maximum atomic E-state index is 5.60. The van der Waals surface area contributed by atoms with Gasteiger partial charge in [-0.2, -0.15) is 0 Å². The second kappa shape index (κ2) is 10.9. The molecule has 1 aromatic heterocycles. The highest BCUT2D eigenvalue weighted by molar-refractivity contribution is 5.16. The summed E-state index contributed by atoms with van der Waals surface area (Å²) in [6.45, 7) is 8.22. The molecule has 116 valence electrons. The lowest BCUT2D eigenvalue weighted by atomic mass is 10.2. The van der Waals surface area contributed by atoms with Crippen LogP contribution < -0.4 is 5.32 Å². The summed E-state index contributed by atoms with van der Waals surface area (Å²) >= 11 is 0. The number of hydrogen-bond acceptors (Lipinski definition) is 5. The Morgan fingerprint density at radius 2 is 1.95 bits per heavy atom. The zero-order valence-electron chi connectivity index (χ0n) is 12.8. The molecular weight excluding hydrogens is 258 g/mol. The van der Waals surface area contributed by atoms with Crippen molar-refractivity contribution in [2.75, 3.05) is 33.5 Å². The minimum atomic E-state index is 0.461. The van der Waals surface area contributed by atoms with E-state index in [0.717, 1.165) is 24.3 Å². The van der Waals surface area contributed by atoms with Crippen LogP contribution in [0.2, 0.25) is 0 Å². The Labute approximate surface area is 121 Å². The summed E-state index contributed by atoms with van der Waals surface area (Å²) in [7, 11) is 1.67. The summed E-state index contributed by atoms with van der Waals surface area (Å²) in [5, 5.41) is 3.37. The Kier molecular flexibility index (Phi) is 9.32. The van der Waals surface area contributed by atoms with Crippen LogP contribution in [0.4, 0.5) is 0 Å². The van der Waals surface area contributed by atoms with Gasteiger partial charge in [-0.15, -0.1) is 0 Å². The predicted molar refractivity (Wildman–Crippen MR) is 77.7 cm³/mol. The van der Waals surface area contributed by atoms with Crippen molar-refractivity contribution in [3.8, 4) is 0 Å². The molecule has 5 heteroatoms. The minimum absolute atomic E-state index is 0.461. The summed E-state index contributed by atoms with van der Waals surface area (Å²) in [5.41, 5.74) is 1.16. The zero-order valence-corrected chi connectivity index (χ0v) is 12.8. The molecule has 0 unspecified atom stereocenters. The number of hydrogen-bond donors (Lipinski definition) is 1. The molecule has 1 heterocycles. The molecule has 0 amide bonds. The summed E-state index contributed by atoms with van der Waals surface area (Å²) in [6.07, 6.45) is 2.59. The molecule has 0 bridgehead atoms. The summed E-state index contributed by atoms with van der Waals surface area (Å²) in [6, 6.07) is 2.45. The lowest BCUT2D eigenvalue weighted by Crippen LogP contribution is -2.22. The van der Waals surface area contributed by atoms with E-state index in [-0.39, 0.29) is 0 Å². The molecule has 0 aliphatic heterocycles. The average Bonchev–Trinajstić information content (AvgIpc) is 2.87. The third kappa shape index (κ3) is 7.65. The van der Waals surface area contributed by atoms with E-state index in [0.29, 0.717) is 39.1 Å². The van der Waals surface area contributed by atoms with E-state index < -0.39 is 0 Å². The normalized spacial score (nSPS) is 11.4. The monoisotopic (exact) mass is 285 g/mol. The van der Waals surface area contributed by atoms with Crippen LogP contribution in [0.5, 0.6) is 0 Å². The van der Waals surface area contributed by atoms with E-state index in [2.05, 4.69) is 19.2 Å². The van der Waals surface area contributed by atoms with Crippen LogP contribution in [0.3, 0.4) is 0 Å². The van der Waals surface area contributed by atoms with Gasteiger partial charge in [0.15, 0.2) is 0 Å². The highest BCUT2D eigenvalue weighted by Crippen LogP contribution is 2.12. The van der Waals surface area contributed by atoms with Gasteiger partial charge in [-0.05, 0) is 12.5 Å². The van der Waals surface area contributed by atoms with Crippen molar-refractivity contribution in [2.24, 2.45) is 0 Å². The van der Waals surface area contributed by atoms with Gasteiger partial charge < -0.3 is 23.9 Å². The number of furan rings is 1. The van der Waals surface area contributed by atoms with E-state index in [4.69, 9.17) is 18.6 Å². The fourth-order valence-electron chi connectivity index (χ4n) is 1.64. The molecule has 0 fully saturated rings. The molecule has 0 spiro atoms. The van der Waals surface area contributed by atoms with Gasteiger partial charge in [-0.1, -0.05) is 13.8 Å². The van der Waals surface area contributed by atoms with Crippen LogP contribution in [-0.2, 0) is 27.4 Å². The van der Waals surface area contributed by atoms with E-state index in [1.807, 2.05) is 6.07 Å². The Balaban J connectivity index is 2.08. The smallest absolute Gasteiger partial charge is 0.133 e. The van der Waals surface area contributed by atoms with Crippen molar-refractivity contribution < 1.29 is 18.6 Å². The Bertz CT molecular complexity index is 338. The molecule has 5 nitrogen and oxygen atoms in total. The maximum absolute atomic E-state index is 5.60. The first-order valence-electron chi connectivity index (χ1n) is 7.17. The SMILES string of the molecule is COCCOCCCOCc1occc1CNC(C)C. The van der Waals surface area contributed by atoms with E-state index in [1.54, 1.807) is 13.4 Å². The Hall–Kier alpha value is -0.880. The fourth-order valence-corrected chi connectivity index (χ4v) is 1.64. The minimum Gasteiger partial charge on any atom is -0.467 e. The van der Waals surface area contributed by atoms with Crippen LogP contribution in [0.25, 0.3) is 0 Å². The number of nitrogens with one attached hydrogen (secondary N) is 1. The number of methoxy groups -OCH3 is 1. The molecule has 1 N–H and O–H groups in total. The fraction of sp³-hybridized carbons (Fsp3) is 0.733. The Morgan fingerprint density at radius 1 is 1.15 bits per heavy atom. The number of ether oxygens (including phenoxy) is 3. The molecule has 20 heavy (non-hydrogen) atoms. The standard InChI is InChI=1S/C15H27NO4/c1-13(2)16-11-14-5-8-20-15(14)12-19-7-4-6-18-10-9-17-3/h5,8,13,16H,4,6-7,9-12H2,1-3H3. The van der Waals surface area contributed by atoms with Crippen molar-refractivity contribution in [3.63, 3.8) is 0 Å². The Morgan fingerprint density at radius 3 is 2.70 bits per heavy atom. The molecule has 1 aromatic rings. The van der Waals surface area contributed by atoms with Crippen LogP contribution >= 0.6 is 0 Å². The zero-order chi connectivity index (χ0) is 14.6. The molecular formula is C15H27NO4. The largest absolute Gasteiger partial charge is 0.467 e. The first kappa shape index (κ1) is 17.2. The molecule has 0 saturated carbocycles. The number of rotatable bonds is 12. The van der Waals surface area contributed by atoms with Crippen molar-refractivity contribution in [2.45, 2.75) is 39.5 Å². The summed E-state index contributed by atoms with van der Waals surface area (Å²) in [5.74, 6) is 0.901. The van der Waals surface area contributed by atoms with Crippen LogP contribution in [0.1, 0.15) is 31.6 Å². The van der Waals surface area contributed by atoms with Crippen LogP contribution in [0.15, 0.2) is 16.7 Å². The van der Waals surface area contributed by atoms with Gasteiger partial charge in [-0.25, -0.2) is 0 Å². The second-order valence-corrected chi connectivity index (χ2v) is 4.92. The highest BCUT2D eigenvalue weighted by Gasteiger charge is 2.06. The van der Waals surface area contributed by atoms with Crippen molar-refractivity contribution in [1.29, 1.82) is 0 Å². The lowest BCUT2D eigenvalue weighted by Gasteiger charge is -2.08. The molecule has 0 atom stereocenters. The van der Waals surface area contributed by atoms with Crippen molar-refractivity contribution in [3.05, 3.63) is 23.7 Å². The van der Waals surface area contributed by atoms with Gasteiger partial charge in [0.2, 0.25) is 0 Å². The average molecular weight is 285 g/mol. The molecule has 0 aliphatic rings. The molecule has 0 radical (unpaired) electrons. The van der Waals surface area contributed by atoms with E-state index >= 15 is 0 Å². The van der Waals surface area contributed by atoms with Gasteiger partial charge >= 0.3 is 0 Å². The maximum Gasteiger partial charge on any atom is 0.133 e. The van der Waals surface area contributed by atoms with Gasteiger partial charge in [0.05, 0.1) is 19.5 Å². The molecule has 0 aliphatic carbocycles. The van der Waals surface area contributed by atoms with Crippen LogP contribution in [-0.4, -0.2) is 39.6 Å². The quantitative estimate of drug-likeness (QED) is 0.597. The van der Waals surface area contributed by atoms with Gasteiger partial charge in [0.25, 0.3) is 0 Å². The summed E-state index contributed by atoms with van der Waals surface area (Å²) in [4.78, 5) is 0. The van der Waals surface area contributed by atoms with Gasteiger partial charge in [0.1, 0.15) is 12.4 Å². The van der Waals surface area contributed by atoms with E-state index in [9.17, 15) is 0 Å². The van der Waals surface area contributed by atoms with Crippen LogP contribution in [0, 0.1) is 0 Å². The van der Waals surface area contributed by atoms with E-state index in [1.165, 1.54) is 0 Å². The molecule has 1 rings (SSSR count). The first-order valence-corrected chi connectivity index (χ1v) is 7.17. The predicted octanol–water partition coefficient (Wildman–Crippen LogP) is 2.35.